The van der Waals surface area contributed by atoms with Gasteiger partial charge < -0.3 is 0 Å². The van der Waals surface area contributed by atoms with E-state index in [2.05, 4.69) is 55.8 Å². The Hall–Kier alpha value is -0.0100. The molecule has 0 heterocycles. The fourth-order valence-electron chi connectivity index (χ4n) is 1.68. The summed E-state index contributed by atoms with van der Waals surface area (Å²) in [7, 11) is 0. The predicted octanol–water partition coefficient (Wildman–Crippen LogP) is 5.39. The highest BCUT2D eigenvalue weighted by Gasteiger charge is 2.13. The highest BCUT2D eigenvalue weighted by atomic mass is 79.9. The highest BCUT2D eigenvalue weighted by Crippen LogP contribution is 2.32. The molecule has 1 atom stereocenters. The van der Waals surface area contributed by atoms with Crippen LogP contribution in [0.25, 0.3) is 0 Å². The van der Waals surface area contributed by atoms with Crippen LogP contribution in [0.15, 0.2) is 16.6 Å². The summed E-state index contributed by atoms with van der Waals surface area (Å²) in [4.78, 5) is 0. The molecule has 0 aliphatic carbocycles. The Balaban J connectivity index is 2.98. The van der Waals surface area contributed by atoms with Crippen LogP contribution in [-0.2, 0) is 0 Å². The molecular weight excluding hydrogens is 272 g/mol. The molecule has 0 aromatic heterocycles. The molecule has 1 aromatic rings. The molecular formula is C13H18BrCl. The number of hydrogen-bond donors (Lipinski definition) is 0. The van der Waals surface area contributed by atoms with Crippen molar-refractivity contribution in [1.82, 2.24) is 0 Å². The van der Waals surface area contributed by atoms with E-state index < -0.39 is 0 Å². The first-order chi connectivity index (χ1) is 6.91. The van der Waals surface area contributed by atoms with Crippen LogP contribution in [-0.4, -0.2) is 0 Å². The fraction of sp³-hybridized carbons (Fsp3) is 0.538. The molecule has 0 saturated heterocycles. The van der Waals surface area contributed by atoms with Crippen molar-refractivity contribution in [2.75, 3.05) is 0 Å². The third kappa shape index (κ3) is 3.49. The van der Waals surface area contributed by atoms with Gasteiger partial charge in [-0.3, -0.25) is 0 Å². The smallest absolute Gasteiger partial charge is 0.0590 e. The maximum atomic E-state index is 6.42. The Labute approximate surface area is 106 Å². The molecule has 0 aliphatic rings. The van der Waals surface area contributed by atoms with Crippen molar-refractivity contribution in [3.05, 3.63) is 33.3 Å². The van der Waals surface area contributed by atoms with Crippen LogP contribution < -0.4 is 0 Å². The van der Waals surface area contributed by atoms with Crippen molar-refractivity contribution >= 4 is 27.5 Å². The predicted molar refractivity (Wildman–Crippen MR) is 71.7 cm³/mol. The summed E-state index contributed by atoms with van der Waals surface area (Å²) in [5, 5.41) is 0.136. The number of halogens is 2. The second-order valence-electron chi connectivity index (χ2n) is 4.56. The van der Waals surface area contributed by atoms with Gasteiger partial charge in [0.25, 0.3) is 0 Å². The quantitative estimate of drug-likeness (QED) is 0.654. The zero-order valence-corrected chi connectivity index (χ0v) is 12.1. The Morgan fingerprint density at radius 1 is 1.20 bits per heavy atom. The van der Waals surface area contributed by atoms with E-state index in [0.717, 1.165) is 10.9 Å². The minimum atomic E-state index is 0.136. The lowest BCUT2D eigenvalue weighted by molar-refractivity contribution is 0.574. The van der Waals surface area contributed by atoms with E-state index in [-0.39, 0.29) is 5.38 Å². The summed E-state index contributed by atoms with van der Waals surface area (Å²) in [5.41, 5.74) is 3.80. The average Bonchev–Trinajstić information content (AvgIpc) is 2.09. The summed E-state index contributed by atoms with van der Waals surface area (Å²) in [6.07, 6.45) is 1.03. The molecule has 1 aromatic carbocycles. The molecule has 2 heteroatoms. The molecule has 0 aliphatic heterocycles. The minimum absolute atomic E-state index is 0.136. The molecule has 0 nitrogen and oxygen atoms in total. The largest absolute Gasteiger partial charge is 0.118 e. The minimum Gasteiger partial charge on any atom is -0.118 e. The summed E-state index contributed by atoms with van der Waals surface area (Å²) in [5.74, 6) is 0.635. The Kier molecular flexibility index (Phi) is 4.66. The second kappa shape index (κ2) is 5.36. The van der Waals surface area contributed by atoms with Crippen molar-refractivity contribution in [3.8, 4) is 0 Å². The van der Waals surface area contributed by atoms with Crippen molar-refractivity contribution in [1.29, 1.82) is 0 Å². The molecule has 0 spiro atoms. The molecule has 1 rings (SSSR count). The van der Waals surface area contributed by atoms with Gasteiger partial charge in [-0.1, -0.05) is 35.8 Å². The third-order valence-electron chi connectivity index (χ3n) is 2.56. The molecule has 0 radical (unpaired) electrons. The lowest BCUT2D eigenvalue weighted by Crippen LogP contribution is -1.99. The van der Waals surface area contributed by atoms with Gasteiger partial charge in [-0.15, -0.1) is 11.6 Å². The van der Waals surface area contributed by atoms with Gasteiger partial charge in [-0.25, -0.2) is 0 Å². The van der Waals surface area contributed by atoms with Crippen LogP contribution in [0.5, 0.6) is 0 Å². The Bertz CT molecular complexity index is 345. The Morgan fingerprint density at radius 2 is 1.80 bits per heavy atom. The summed E-state index contributed by atoms with van der Waals surface area (Å²) in [6.45, 7) is 8.63. The van der Waals surface area contributed by atoms with Crippen LogP contribution in [0.4, 0.5) is 0 Å². The Morgan fingerprint density at radius 3 is 2.33 bits per heavy atom. The van der Waals surface area contributed by atoms with Gasteiger partial charge in [0.15, 0.2) is 0 Å². The molecule has 0 amide bonds. The van der Waals surface area contributed by atoms with Crippen molar-refractivity contribution in [3.63, 3.8) is 0 Å². The van der Waals surface area contributed by atoms with E-state index in [1.54, 1.807) is 0 Å². The number of hydrogen-bond acceptors (Lipinski definition) is 0. The van der Waals surface area contributed by atoms with E-state index in [9.17, 15) is 0 Å². The summed E-state index contributed by atoms with van der Waals surface area (Å²) < 4.78 is 1.16. The topological polar surface area (TPSA) is 0 Å². The van der Waals surface area contributed by atoms with E-state index in [1.807, 2.05) is 0 Å². The van der Waals surface area contributed by atoms with E-state index >= 15 is 0 Å². The number of alkyl halides is 1. The molecule has 0 N–H and O–H groups in total. The van der Waals surface area contributed by atoms with Crippen LogP contribution >= 0.6 is 27.5 Å². The lowest BCUT2D eigenvalue weighted by atomic mass is 9.97. The van der Waals surface area contributed by atoms with E-state index in [4.69, 9.17) is 11.6 Å². The maximum absolute atomic E-state index is 6.42. The fourth-order valence-corrected chi connectivity index (χ4v) is 2.73. The first kappa shape index (κ1) is 13.1. The summed E-state index contributed by atoms with van der Waals surface area (Å²) >= 11 is 9.95. The standard InChI is InChI=1S/C13H18BrCl/c1-8(2)5-13(15)11-6-10(4)12(14)7-9(11)3/h6-8,13H,5H2,1-4H3. The van der Waals surface area contributed by atoms with Crippen LogP contribution in [0.1, 0.15) is 42.3 Å². The summed E-state index contributed by atoms with van der Waals surface area (Å²) in [6, 6.07) is 4.35. The normalized spacial score (nSPS) is 13.3. The number of aryl methyl sites for hydroxylation is 2. The van der Waals surface area contributed by atoms with Gasteiger partial charge in [-0.2, -0.15) is 0 Å². The first-order valence-electron chi connectivity index (χ1n) is 5.32. The van der Waals surface area contributed by atoms with Crippen molar-refractivity contribution < 1.29 is 0 Å². The van der Waals surface area contributed by atoms with E-state index in [1.165, 1.54) is 16.7 Å². The molecule has 0 bridgehead atoms. The van der Waals surface area contributed by atoms with Crippen LogP contribution in [0.2, 0.25) is 0 Å². The number of rotatable bonds is 3. The van der Waals surface area contributed by atoms with Gasteiger partial charge in [-0.05, 0) is 48.9 Å². The highest BCUT2D eigenvalue weighted by molar-refractivity contribution is 9.10. The monoisotopic (exact) mass is 288 g/mol. The maximum Gasteiger partial charge on any atom is 0.0590 e. The van der Waals surface area contributed by atoms with Gasteiger partial charge in [0.2, 0.25) is 0 Å². The second-order valence-corrected chi connectivity index (χ2v) is 5.94. The van der Waals surface area contributed by atoms with E-state index in [0.29, 0.717) is 5.92 Å². The average molecular weight is 290 g/mol. The lowest BCUT2D eigenvalue weighted by Gasteiger charge is -2.16. The van der Waals surface area contributed by atoms with Gasteiger partial charge in [0.1, 0.15) is 0 Å². The van der Waals surface area contributed by atoms with Crippen molar-refractivity contribution in [2.45, 2.75) is 39.5 Å². The zero-order chi connectivity index (χ0) is 11.6. The molecule has 84 valence electrons. The van der Waals surface area contributed by atoms with Crippen LogP contribution in [0, 0.1) is 19.8 Å². The number of benzene rings is 1. The van der Waals surface area contributed by atoms with Crippen LogP contribution in [0.3, 0.4) is 0 Å². The molecule has 15 heavy (non-hydrogen) atoms. The van der Waals surface area contributed by atoms with Gasteiger partial charge in [0, 0.05) is 4.47 Å². The first-order valence-corrected chi connectivity index (χ1v) is 6.55. The zero-order valence-electron chi connectivity index (χ0n) is 9.77. The SMILES string of the molecule is Cc1cc(C(Cl)CC(C)C)c(C)cc1Br. The molecule has 0 fully saturated rings. The molecule has 0 saturated carbocycles. The van der Waals surface area contributed by atoms with Gasteiger partial charge >= 0.3 is 0 Å². The third-order valence-corrected chi connectivity index (χ3v) is 3.83. The van der Waals surface area contributed by atoms with Gasteiger partial charge in [0.05, 0.1) is 5.38 Å². The molecule has 1 unspecified atom stereocenters. The van der Waals surface area contributed by atoms with Crippen molar-refractivity contribution in [2.24, 2.45) is 5.92 Å².